The van der Waals surface area contributed by atoms with Gasteiger partial charge in [0.1, 0.15) is 17.5 Å². The maximum absolute atomic E-state index is 4.67. The molecule has 0 bridgehead atoms. The summed E-state index contributed by atoms with van der Waals surface area (Å²) in [5.74, 6) is 2.84. The van der Waals surface area contributed by atoms with Gasteiger partial charge in [-0.05, 0) is 20.9 Å². The highest BCUT2D eigenvalue weighted by atomic mass is 15.3. The number of aryl methyl sites for hydroxylation is 1. The molecule has 0 aliphatic carbocycles. The average molecular weight is 263 g/mol. The van der Waals surface area contributed by atoms with E-state index in [1.54, 1.807) is 0 Å². The Balaban J connectivity index is 2.26. The van der Waals surface area contributed by atoms with Gasteiger partial charge < -0.3 is 10.2 Å². The average Bonchev–Trinajstić information content (AvgIpc) is 2.41. The number of anilines is 2. The predicted molar refractivity (Wildman–Crippen MR) is 79.9 cm³/mol. The van der Waals surface area contributed by atoms with E-state index < -0.39 is 0 Å². The van der Waals surface area contributed by atoms with Gasteiger partial charge in [-0.15, -0.1) is 0 Å². The standard InChI is InChI=1S/C14H25N5/c1-6-11-16-12(15-4)9-13(17-11)19-8-7-18(5)14(2,3)10-19/h9H,6-8,10H2,1-5H3,(H,15,16,17). The van der Waals surface area contributed by atoms with Crippen molar-refractivity contribution in [3.8, 4) is 0 Å². The van der Waals surface area contributed by atoms with Crippen LogP contribution in [-0.4, -0.2) is 54.1 Å². The van der Waals surface area contributed by atoms with E-state index in [0.717, 1.165) is 43.5 Å². The van der Waals surface area contributed by atoms with Gasteiger partial charge in [0.2, 0.25) is 0 Å². The van der Waals surface area contributed by atoms with Gasteiger partial charge in [0.15, 0.2) is 0 Å². The Hall–Kier alpha value is -1.36. The number of hydrogen-bond donors (Lipinski definition) is 1. The number of hydrogen-bond acceptors (Lipinski definition) is 5. The molecule has 1 fully saturated rings. The van der Waals surface area contributed by atoms with Crippen LogP contribution >= 0.6 is 0 Å². The molecule has 1 N–H and O–H groups in total. The zero-order valence-electron chi connectivity index (χ0n) is 12.7. The minimum Gasteiger partial charge on any atom is -0.373 e. The van der Waals surface area contributed by atoms with Crippen molar-refractivity contribution in [3.63, 3.8) is 0 Å². The second-order valence-corrected chi connectivity index (χ2v) is 5.79. The van der Waals surface area contributed by atoms with Gasteiger partial charge in [-0.3, -0.25) is 4.90 Å². The van der Waals surface area contributed by atoms with Crippen LogP contribution in [0.5, 0.6) is 0 Å². The lowest BCUT2D eigenvalue weighted by atomic mass is 10.00. The molecule has 1 aliphatic heterocycles. The van der Waals surface area contributed by atoms with E-state index in [4.69, 9.17) is 0 Å². The molecule has 2 rings (SSSR count). The number of nitrogens with one attached hydrogen (secondary N) is 1. The first-order valence-electron chi connectivity index (χ1n) is 6.98. The molecule has 0 saturated carbocycles. The second kappa shape index (κ2) is 5.33. The Morgan fingerprint density at radius 1 is 1.32 bits per heavy atom. The molecule has 0 spiro atoms. The third kappa shape index (κ3) is 2.97. The van der Waals surface area contributed by atoms with Crippen molar-refractivity contribution in [3.05, 3.63) is 11.9 Å². The topological polar surface area (TPSA) is 44.3 Å². The van der Waals surface area contributed by atoms with Crippen molar-refractivity contribution in [1.29, 1.82) is 0 Å². The zero-order valence-corrected chi connectivity index (χ0v) is 12.7. The minimum absolute atomic E-state index is 0.176. The molecule has 5 nitrogen and oxygen atoms in total. The van der Waals surface area contributed by atoms with Crippen molar-refractivity contribution in [2.45, 2.75) is 32.7 Å². The van der Waals surface area contributed by atoms with Crippen molar-refractivity contribution < 1.29 is 0 Å². The van der Waals surface area contributed by atoms with Crippen LogP contribution in [0.2, 0.25) is 0 Å². The molecule has 0 unspecified atom stereocenters. The fraction of sp³-hybridized carbons (Fsp3) is 0.714. The largest absolute Gasteiger partial charge is 0.373 e. The molecule has 0 atom stereocenters. The molecule has 2 heterocycles. The van der Waals surface area contributed by atoms with E-state index in [1.165, 1.54) is 0 Å². The van der Waals surface area contributed by atoms with Gasteiger partial charge in [-0.25, -0.2) is 9.97 Å². The van der Waals surface area contributed by atoms with E-state index in [1.807, 2.05) is 13.1 Å². The summed E-state index contributed by atoms with van der Waals surface area (Å²) in [6, 6.07) is 2.04. The Labute approximate surface area is 116 Å². The molecular weight excluding hydrogens is 238 g/mol. The predicted octanol–water partition coefficient (Wildman–Crippen LogP) is 1.61. The van der Waals surface area contributed by atoms with Gasteiger partial charge in [0.05, 0.1) is 0 Å². The van der Waals surface area contributed by atoms with E-state index in [0.29, 0.717) is 0 Å². The zero-order chi connectivity index (χ0) is 14.0. The Bertz CT molecular complexity index is 421. The van der Waals surface area contributed by atoms with Crippen LogP contribution in [-0.2, 0) is 6.42 Å². The SMILES string of the molecule is CCc1nc(NC)cc(N2CCN(C)C(C)(C)C2)n1. The Morgan fingerprint density at radius 3 is 2.63 bits per heavy atom. The highest BCUT2D eigenvalue weighted by Crippen LogP contribution is 2.24. The van der Waals surface area contributed by atoms with Crippen molar-refractivity contribution in [2.75, 3.05) is 43.9 Å². The highest BCUT2D eigenvalue weighted by molar-refractivity contribution is 5.50. The maximum Gasteiger partial charge on any atom is 0.134 e. The number of rotatable bonds is 3. The minimum atomic E-state index is 0.176. The first-order valence-corrected chi connectivity index (χ1v) is 6.98. The van der Waals surface area contributed by atoms with Crippen LogP contribution in [0.15, 0.2) is 6.07 Å². The van der Waals surface area contributed by atoms with Crippen molar-refractivity contribution in [1.82, 2.24) is 14.9 Å². The summed E-state index contributed by atoms with van der Waals surface area (Å²) in [6.07, 6.45) is 0.861. The number of aromatic nitrogens is 2. The van der Waals surface area contributed by atoms with E-state index in [9.17, 15) is 0 Å². The molecule has 106 valence electrons. The summed E-state index contributed by atoms with van der Waals surface area (Å²) < 4.78 is 0. The Kier molecular flexibility index (Phi) is 3.94. The van der Waals surface area contributed by atoms with E-state index >= 15 is 0 Å². The fourth-order valence-corrected chi connectivity index (χ4v) is 2.37. The van der Waals surface area contributed by atoms with Crippen molar-refractivity contribution >= 4 is 11.6 Å². The monoisotopic (exact) mass is 263 g/mol. The lowest BCUT2D eigenvalue weighted by Crippen LogP contribution is -2.57. The number of likely N-dealkylation sites (N-methyl/N-ethyl adjacent to an activating group) is 1. The summed E-state index contributed by atoms with van der Waals surface area (Å²) in [4.78, 5) is 13.9. The highest BCUT2D eigenvalue weighted by Gasteiger charge is 2.31. The smallest absolute Gasteiger partial charge is 0.134 e. The van der Waals surface area contributed by atoms with Crippen LogP contribution in [0.1, 0.15) is 26.6 Å². The molecule has 5 heteroatoms. The summed E-state index contributed by atoms with van der Waals surface area (Å²) >= 11 is 0. The molecular formula is C14H25N5. The lowest BCUT2D eigenvalue weighted by molar-refractivity contribution is 0.138. The van der Waals surface area contributed by atoms with Crippen molar-refractivity contribution in [2.24, 2.45) is 0 Å². The summed E-state index contributed by atoms with van der Waals surface area (Å²) in [7, 11) is 4.09. The normalized spacial score (nSPS) is 19.5. The van der Waals surface area contributed by atoms with Crippen LogP contribution in [0.4, 0.5) is 11.6 Å². The van der Waals surface area contributed by atoms with Crippen LogP contribution in [0, 0.1) is 0 Å². The Morgan fingerprint density at radius 2 is 2.05 bits per heavy atom. The third-order valence-corrected chi connectivity index (χ3v) is 3.97. The lowest BCUT2D eigenvalue weighted by Gasteiger charge is -2.45. The van der Waals surface area contributed by atoms with Crippen LogP contribution < -0.4 is 10.2 Å². The summed E-state index contributed by atoms with van der Waals surface area (Å²) in [5, 5.41) is 3.12. The quantitative estimate of drug-likeness (QED) is 0.897. The van der Waals surface area contributed by atoms with Gasteiger partial charge in [-0.2, -0.15) is 0 Å². The van der Waals surface area contributed by atoms with Gasteiger partial charge >= 0.3 is 0 Å². The molecule has 1 aromatic rings. The second-order valence-electron chi connectivity index (χ2n) is 5.79. The number of nitrogens with zero attached hydrogens (tertiary/aromatic N) is 4. The molecule has 0 amide bonds. The summed E-state index contributed by atoms with van der Waals surface area (Å²) in [6.45, 7) is 9.72. The first-order chi connectivity index (χ1) is 8.96. The molecule has 1 aliphatic rings. The van der Waals surface area contributed by atoms with Crippen LogP contribution in [0.3, 0.4) is 0 Å². The molecule has 0 aromatic carbocycles. The molecule has 0 radical (unpaired) electrons. The fourth-order valence-electron chi connectivity index (χ4n) is 2.37. The van der Waals surface area contributed by atoms with Gasteiger partial charge in [0, 0.05) is 44.7 Å². The summed E-state index contributed by atoms with van der Waals surface area (Å²) in [5.41, 5.74) is 0.176. The van der Waals surface area contributed by atoms with Gasteiger partial charge in [0.25, 0.3) is 0 Å². The molecule has 19 heavy (non-hydrogen) atoms. The number of piperazine rings is 1. The molecule has 1 saturated heterocycles. The van der Waals surface area contributed by atoms with E-state index in [-0.39, 0.29) is 5.54 Å². The van der Waals surface area contributed by atoms with Crippen LogP contribution in [0.25, 0.3) is 0 Å². The maximum atomic E-state index is 4.67. The van der Waals surface area contributed by atoms with E-state index in [2.05, 4.69) is 52.9 Å². The molecule has 1 aromatic heterocycles. The first kappa shape index (κ1) is 14.1. The third-order valence-electron chi connectivity index (χ3n) is 3.97. The van der Waals surface area contributed by atoms with Gasteiger partial charge in [-0.1, -0.05) is 6.92 Å².